The first kappa shape index (κ1) is 12.2. The van der Waals surface area contributed by atoms with Gasteiger partial charge in [-0.05, 0) is 6.07 Å². The Morgan fingerprint density at radius 3 is 2.76 bits per heavy atom. The number of cyclic esters (lactones) is 1. The van der Waals surface area contributed by atoms with Crippen molar-refractivity contribution in [1.29, 1.82) is 0 Å². The van der Waals surface area contributed by atoms with Crippen LogP contribution in [0, 0.1) is 0 Å². The molecule has 0 amide bonds. The Morgan fingerprint density at radius 2 is 2.24 bits per heavy atom. The Hall–Kier alpha value is -1.29. The number of carbonyl (C=O) groups excluding carboxylic acids is 1. The van der Waals surface area contributed by atoms with Crippen LogP contribution in [0.5, 0.6) is 5.75 Å². The first-order valence-electron chi connectivity index (χ1n) is 5.23. The largest absolute Gasteiger partial charge is 0.496 e. The summed E-state index contributed by atoms with van der Waals surface area (Å²) in [7, 11) is 1.60. The third-order valence-corrected chi connectivity index (χ3v) is 3.80. The van der Waals surface area contributed by atoms with E-state index in [9.17, 15) is 4.79 Å². The molecule has 2 rings (SSSR count). The molecule has 3 nitrogen and oxygen atoms in total. The van der Waals surface area contributed by atoms with Gasteiger partial charge in [0.1, 0.15) is 5.75 Å². The van der Waals surface area contributed by atoms with Crippen molar-refractivity contribution in [3.8, 4) is 5.75 Å². The molecule has 1 unspecified atom stereocenters. The minimum absolute atomic E-state index is 0.338. The quantitative estimate of drug-likeness (QED) is 0.489. The van der Waals surface area contributed by atoms with Crippen LogP contribution in [0.1, 0.15) is 12.0 Å². The number of ether oxygens (including phenoxy) is 2. The van der Waals surface area contributed by atoms with Gasteiger partial charge in [-0.25, -0.2) is 4.79 Å². The van der Waals surface area contributed by atoms with E-state index in [1.807, 2.05) is 24.3 Å². The van der Waals surface area contributed by atoms with Gasteiger partial charge in [-0.3, -0.25) is 0 Å². The number of rotatable bonds is 3. The summed E-state index contributed by atoms with van der Waals surface area (Å²) in [4.78, 5) is 11.5. The number of halogens is 1. The molecule has 0 saturated carbocycles. The van der Waals surface area contributed by atoms with Crippen molar-refractivity contribution in [1.82, 2.24) is 0 Å². The first-order chi connectivity index (χ1) is 8.13. The van der Waals surface area contributed by atoms with E-state index in [1.165, 1.54) is 0 Å². The van der Waals surface area contributed by atoms with Crippen LogP contribution in [0.4, 0.5) is 0 Å². The van der Waals surface area contributed by atoms with Crippen molar-refractivity contribution < 1.29 is 14.3 Å². The highest BCUT2D eigenvalue weighted by Gasteiger charge is 2.45. The fraction of sp³-hybridized carbons (Fsp3) is 0.308. The Labute approximate surface area is 109 Å². The fourth-order valence-electron chi connectivity index (χ4n) is 2.02. The fourth-order valence-corrected chi connectivity index (χ4v) is 2.64. The first-order valence-corrected chi connectivity index (χ1v) is 6.36. The summed E-state index contributed by atoms with van der Waals surface area (Å²) in [6.45, 7) is 3.72. The van der Waals surface area contributed by atoms with Crippen LogP contribution in [-0.2, 0) is 15.1 Å². The maximum Gasteiger partial charge on any atom is 0.334 e. The maximum absolute atomic E-state index is 11.5. The molecule has 0 radical (unpaired) electrons. The van der Waals surface area contributed by atoms with E-state index in [-0.39, 0.29) is 5.97 Å². The van der Waals surface area contributed by atoms with E-state index in [0.29, 0.717) is 17.3 Å². The van der Waals surface area contributed by atoms with Crippen LogP contribution in [0.2, 0.25) is 0 Å². The number of benzene rings is 1. The van der Waals surface area contributed by atoms with Gasteiger partial charge in [-0.2, -0.15) is 0 Å². The molecular weight excluding hydrogens is 284 g/mol. The molecule has 1 heterocycles. The van der Waals surface area contributed by atoms with Gasteiger partial charge in [0.25, 0.3) is 0 Å². The van der Waals surface area contributed by atoms with Gasteiger partial charge in [0.05, 0.1) is 7.11 Å². The topological polar surface area (TPSA) is 35.5 Å². The van der Waals surface area contributed by atoms with Gasteiger partial charge >= 0.3 is 5.97 Å². The van der Waals surface area contributed by atoms with E-state index < -0.39 is 5.60 Å². The molecule has 1 aliphatic heterocycles. The molecule has 4 heteroatoms. The number of para-hydroxylation sites is 1. The molecule has 1 aromatic carbocycles. The van der Waals surface area contributed by atoms with E-state index in [1.54, 1.807) is 7.11 Å². The highest BCUT2D eigenvalue weighted by molar-refractivity contribution is 9.09. The normalized spacial score (nSPS) is 23.6. The Balaban J connectivity index is 2.49. The molecule has 0 N–H and O–H groups in total. The Kier molecular flexibility index (Phi) is 3.24. The van der Waals surface area contributed by atoms with Crippen LogP contribution < -0.4 is 4.74 Å². The summed E-state index contributed by atoms with van der Waals surface area (Å²) in [6, 6.07) is 7.55. The number of hydrogen-bond donors (Lipinski definition) is 0. The predicted octanol–water partition coefficient (Wildman–Crippen LogP) is 2.79. The van der Waals surface area contributed by atoms with Crippen molar-refractivity contribution in [2.45, 2.75) is 12.0 Å². The molecule has 0 aromatic heterocycles. The van der Waals surface area contributed by atoms with E-state index >= 15 is 0 Å². The zero-order chi connectivity index (χ0) is 12.5. The number of methoxy groups -OCH3 is 1. The average molecular weight is 297 g/mol. The number of esters is 1. The van der Waals surface area contributed by atoms with E-state index in [0.717, 1.165) is 11.3 Å². The van der Waals surface area contributed by atoms with Gasteiger partial charge in [0.15, 0.2) is 5.60 Å². The molecule has 0 bridgehead atoms. The van der Waals surface area contributed by atoms with E-state index in [2.05, 4.69) is 22.5 Å². The van der Waals surface area contributed by atoms with Crippen molar-refractivity contribution >= 4 is 21.9 Å². The van der Waals surface area contributed by atoms with Gasteiger partial charge in [0.2, 0.25) is 0 Å². The van der Waals surface area contributed by atoms with Crippen molar-refractivity contribution in [2.75, 3.05) is 12.4 Å². The lowest BCUT2D eigenvalue weighted by Crippen LogP contribution is -2.28. The number of hydrogen-bond acceptors (Lipinski definition) is 3. The van der Waals surface area contributed by atoms with Crippen molar-refractivity contribution in [2.24, 2.45) is 0 Å². The zero-order valence-corrected chi connectivity index (χ0v) is 11.1. The van der Waals surface area contributed by atoms with Gasteiger partial charge < -0.3 is 9.47 Å². The lowest BCUT2D eigenvalue weighted by molar-refractivity contribution is -0.145. The van der Waals surface area contributed by atoms with Gasteiger partial charge in [0, 0.05) is 22.9 Å². The van der Waals surface area contributed by atoms with Crippen LogP contribution in [-0.4, -0.2) is 18.4 Å². The molecule has 90 valence electrons. The molecular formula is C13H13BrO3. The highest BCUT2D eigenvalue weighted by Crippen LogP contribution is 2.43. The lowest BCUT2D eigenvalue weighted by Gasteiger charge is -2.27. The van der Waals surface area contributed by atoms with Gasteiger partial charge in [-0.1, -0.05) is 40.7 Å². The summed E-state index contributed by atoms with van der Waals surface area (Å²) in [5, 5.41) is 0.519. The average Bonchev–Trinajstić information content (AvgIpc) is 2.66. The summed E-state index contributed by atoms with van der Waals surface area (Å²) in [5.74, 6) is 0.379. The minimum Gasteiger partial charge on any atom is -0.496 e. The molecule has 0 spiro atoms. The molecule has 17 heavy (non-hydrogen) atoms. The molecule has 1 saturated heterocycles. The third kappa shape index (κ3) is 1.97. The minimum atomic E-state index is -0.694. The van der Waals surface area contributed by atoms with Gasteiger partial charge in [-0.15, -0.1) is 0 Å². The molecule has 1 fully saturated rings. The summed E-state index contributed by atoms with van der Waals surface area (Å²) < 4.78 is 10.8. The number of carbonyl (C=O) groups is 1. The van der Waals surface area contributed by atoms with E-state index in [4.69, 9.17) is 9.47 Å². The lowest BCUT2D eigenvalue weighted by atomic mass is 9.91. The standard InChI is InChI=1S/C13H13BrO3/c1-9-7-13(8-14,17-12(9)15)10-5-3-4-6-11(10)16-2/h3-6H,1,7-8H2,2H3. The third-order valence-electron chi connectivity index (χ3n) is 2.89. The van der Waals surface area contributed by atoms with Crippen LogP contribution >= 0.6 is 15.9 Å². The Bertz CT molecular complexity index is 451. The van der Waals surface area contributed by atoms with Crippen molar-refractivity contribution in [3.05, 3.63) is 42.0 Å². The smallest absolute Gasteiger partial charge is 0.334 e. The summed E-state index contributed by atoms with van der Waals surface area (Å²) >= 11 is 3.41. The SMILES string of the molecule is C=C1CC(CBr)(c2ccccc2OC)OC1=O. The van der Waals surface area contributed by atoms with Crippen LogP contribution in [0.15, 0.2) is 36.4 Å². The second kappa shape index (κ2) is 4.53. The summed E-state index contributed by atoms with van der Waals surface area (Å²) in [6.07, 6.45) is 0.484. The Morgan fingerprint density at radius 1 is 1.53 bits per heavy atom. The molecule has 1 aromatic rings. The van der Waals surface area contributed by atoms with Crippen LogP contribution in [0.3, 0.4) is 0 Å². The second-order valence-corrected chi connectivity index (χ2v) is 4.56. The summed E-state index contributed by atoms with van der Waals surface area (Å²) in [5.41, 5.74) is 0.669. The molecule has 1 aliphatic rings. The monoisotopic (exact) mass is 296 g/mol. The maximum atomic E-state index is 11.5. The predicted molar refractivity (Wildman–Crippen MR) is 68.3 cm³/mol. The molecule has 0 aliphatic carbocycles. The highest BCUT2D eigenvalue weighted by atomic mass is 79.9. The zero-order valence-electron chi connectivity index (χ0n) is 9.53. The second-order valence-electron chi connectivity index (χ2n) is 4.00. The van der Waals surface area contributed by atoms with Crippen molar-refractivity contribution in [3.63, 3.8) is 0 Å². The van der Waals surface area contributed by atoms with Crippen LogP contribution in [0.25, 0.3) is 0 Å². The number of alkyl halides is 1. The molecule has 1 atom stereocenters.